The fourth-order valence-electron chi connectivity index (χ4n) is 3.57. The molecule has 3 aromatic rings. The average Bonchev–Trinajstić information content (AvgIpc) is 3.12. The van der Waals surface area contributed by atoms with Crippen LogP contribution < -0.4 is 0 Å². The van der Waals surface area contributed by atoms with Crippen LogP contribution in [0.25, 0.3) is 16.8 Å². The molecule has 0 aromatic carbocycles. The largest absolute Gasteiger partial charge is 0.264 e. The molecule has 1 atom stereocenters. The minimum absolute atomic E-state index is 0.0344. The zero-order valence-electron chi connectivity index (χ0n) is 15.3. The van der Waals surface area contributed by atoms with Gasteiger partial charge in [-0.1, -0.05) is 13.0 Å². The molecule has 0 bridgehead atoms. The molecule has 0 aliphatic carbocycles. The Morgan fingerprint density at radius 2 is 2.11 bits per heavy atom. The SMILES string of the molecule is CCCS(=O)(=O)N1CCCC(c2nc3ccc(-c4cccnc4)cn3n2)C1. The second kappa shape index (κ2) is 7.36. The Morgan fingerprint density at radius 3 is 2.89 bits per heavy atom. The predicted molar refractivity (Wildman–Crippen MR) is 104 cm³/mol. The quantitative estimate of drug-likeness (QED) is 0.675. The van der Waals surface area contributed by atoms with Gasteiger partial charge >= 0.3 is 0 Å². The highest BCUT2D eigenvalue weighted by Gasteiger charge is 2.31. The summed E-state index contributed by atoms with van der Waals surface area (Å²) < 4.78 is 28.2. The lowest BCUT2D eigenvalue weighted by atomic mass is 9.99. The highest BCUT2D eigenvalue weighted by atomic mass is 32.2. The topological polar surface area (TPSA) is 80.5 Å². The monoisotopic (exact) mass is 385 g/mol. The molecule has 0 spiro atoms. The standard InChI is InChI=1S/C19H23N5O2S/c1-2-11-27(25,26)23-10-4-6-17(13-23)19-21-18-8-7-16(14-24(18)22-19)15-5-3-9-20-12-15/h3,5,7-9,12,14,17H,2,4,6,10-11,13H2,1H3. The Bertz CT molecular complexity index is 1030. The summed E-state index contributed by atoms with van der Waals surface area (Å²) >= 11 is 0. The molecule has 0 N–H and O–H groups in total. The van der Waals surface area contributed by atoms with Gasteiger partial charge < -0.3 is 0 Å². The molecule has 4 heterocycles. The molecule has 1 fully saturated rings. The molecule has 1 unspecified atom stereocenters. The van der Waals surface area contributed by atoms with E-state index in [4.69, 9.17) is 0 Å². The first-order valence-electron chi connectivity index (χ1n) is 9.31. The van der Waals surface area contributed by atoms with Gasteiger partial charge in [0, 0.05) is 48.7 Å². The van der Waals surface area contributed by atoms with Crippen molar-refractivity contribution in [1.29, 1.82) is 0 Å². The lowest BCUT2D eigenvalue weighted by Gasteiger charge is -2.30. The fraction of sp³-hybridized carbons (Fsp3) is 0.421. The van der Waals surface area contributed by atoms with Gasteiger partial charge in [0.25, 0.3) is 0 Å². The van der Waals surface area contributed by atoms with Crippen molar-refractivity contribution in [1.82, 2.24) is 23.9 Å². The Morgan fingerprint density at radius 1 is 1.22 bits per heavy atom. The molecule has 0 saturated carbocycles. The van der Waals surface area contributed by atoms with Crippen molar-refractivity contribution in [3.63, 3.8) is 0 Å². The maximum atomic E-state index is 12.4. The van der Waals surface area contributed by atoms with Crippen LogP contribution in [0.3, 0.4) is 0 Å². The smallest absolute Gasteiger partial charge is 0.214 e. The van der Waals surface area contributed by atoms with Crippen LogP contribution in [0.1, 0.15) is 37.9 Å². The van der Waals surface area contributed by atoms with Crippen molar-refractivity contribution in [3.05, 3.63) is 48.7 Å². The molecule has 0 radical (unpaired) electrons. The molecule has 1 aliphatic heterocycles. The average molecular weight is 385 g/mol. The van der Waals surface area contributed by atoms with E-state index >= 15 is 0 Å². The van der Waals surface area contributed by atoms with Crippen LogP contribution in [0.15, 0.2) is 42.9 Å². The lowest BCUT2D eigenvalue weighted by Crippen LogP contribution is -2.40. The van der Waals surface area contributed by atoms with Crippen molar-refractivity contribution in [2.45, 2.75) is 32.1 Å². The molecule has 1 aliphatic rings. The number of aromatic nitrogens is 4. The van der Waals surface area contributed by atoms with Crippen LogP contribution >= 0.6 is 0 Å². The zero-order valence-corrected chi connectivity index (χ0v) is 16.1. The van der Waals surface area contributed by atoms with Gasteiger partial charge in [0.1, 0.15) is 0 Å². The van der Waals surface area contributed by atoms with Crippen LogP contribution in [0.2, 0.25) is 0 Å². The summed E-state index contributed by atoms with van der Waals surface area (Å²) in [6.45, 7) is 2.95. The van der Waals surface area contributed by atoms with Gasteiger partial charge in [0.2, 0.25) is 10.0 Å². The van der Waals surface area contributed by atoms with Crippen LogP contribution in [0, 0.1) is 0 Å². The van der Waals surface area contributed by atoms with E-state index in [9.17, 15) is 8.42 Å². The van der Waals surface area contributed by atoms with E-state index < -0.39 is 10.0 Å². The molecule has 3 aromatic heterocycles. The number of sulfonamides is 1. The zero-order chi connectivity index (χ0) is 18.9. The number of fused-ring (bicyclic) bond motifs is 1. The van der Waals surface area contributed by atoms with Crippen LogP contribution in [-0.2, 0) is 10.0 Å². The highest BCUT2D eigenvalue weighted by Crippen LogP contribution is 2.27. The van der Waals surface area contributed by atoms with E-state index in [2.05, 4.69) is 15.1 Å². The van der Waals surface area contributed by atoms with Gasteiger partial charge in [-0.25, -0.2) is 22.2 Å². The van der Waals surface area contributed by atoms with Crippen LogP contribution in [-0.4, -0.2) is 51.1 Å². The number of hydrogen-bond donors (Lipinski definition) is 0. The predicted octanol–water partition coefficient (Wildman–Crippen LogP) is 2.71. The van der Waals surface area contributed by atoms with Gasteiger partial charge in [-0.15, -0.1) is 0 Å². The van der Waals surface area contributed by atoms with Gasteiger partial charge in [0.15, 0.2) is 11.5 Å². The molecule has 4 rings (SSSR count). The normalized spacial score (nSPS) is 18.8. The molecule has 7 nitrogen and oxygen atoms in total. The lowest BCUT2D eigenvalue weighted by molar-refractivity contribution is 0.309. The number of hydrogen-bond acceptors (Lipinski definition) is 5. The van der Waals surface area contributed by atoms with Crippen molar-refractivity contribution in [3.8, 4) is 11.1 Å². The molecule has 142 valence electrons. The van der Waals surface area contributed by atoms with Gasteiger partial charge in [-0.2, -0.15) is 5.10 Å². The van der Waals surface area contributed by atoms with Gasteiger partial charge in [-0.05, 0) is 37.5 Å². The third-order valence-electron chi connectivity index (χ3n) is 4.95. The number of piperidine rings is 1. The van der Waals surface area contributed by atoms with Gasteiger partial charge in [0.05, 0.1) is 5.75 Å². The second-order valence-corrected chi connectivity index (χ2v) is 9.03. The molecule has 8 heteroatoms. The van der Waals surface area contributed by atoms with Crippen molar-refractivity contribution in [2.24, 2.45) is 0 Å². The summed E-state index contributed by atoms with van der Waals surface area (Å²) in [6.07, 6.45) is 7.88. The summed E-state index contributed by atoms with van der Waals surface area (Å²) in [5.74, 6) is 0.953. The van der Waals surface area contributed by atoms with Crippen molar-refractivity contribution < 1.29 is 8.42 Å². The summed E-state index contributed by atoms with van der Waals surface area (Å²) in [7, 11) is -3.18. The van der Waals surface area contributed by atoms with E-state index in [0.29, 0.717) is 19.5 Å². The maximum absolute atomic E-state index is 12.4. The highest BCUT2D eigenvalue weighted by molar-refractivity contribution is 7.89. The Kier molecular flexibility index (Phi) is 4.92. The van der Waals surface area contributed by atoms with E-state index in [1.807, 2.05) is 43.6 Å². The molecular formula is C19H23N5O2S. The fourth-order valence-corrected chi connectivity index (χ4v) is 5.16. The molecule has 0 amide bonds. The summed E-state index contributed by atoms with van der Waals surface area (Å²) in [5.41, 5.74) is 2.81. The number of rotatable bonds is 5. The van der Waals surface area contributed by atoms with E-state index in [1.165, 1.54) is 0 Å². The Hall–Kier alpha value is -2.32. The van der Waals surface area contributed by atoms with Crippen molar-refractivity contribution >= 4 is 15.7 Å². The second-order valence-electron chi connectivity index (χ2n) is 6.95. The Balaban J connectivity index is 1.60. The first kappa shape index (κ1) is 18.1. The molecular weight excluding hydrogens is 362 g/mol. The summed E-state index contributed by atoms with van der Waals surface area (Å²) in [5, 5.41) is 4.65. The van der Waals surface area contributed by atoms with E-state index in [1.54, 1.807) is 15.0 Å². The third-order valence-corrected chi connectivity index (χ3v) is 6.99. The molecule has 1 saturated heterocycles. The number of nitrogens with zero attached hydrogens (tertiary/aromatic N) is 5. The Labute approximate surface area is 159 Å². The minimum atomic E-state index is -3.18. The maximum Gasteiger partial charge on any atom is 0.214 e. The minimum Gasteiger partial charge on any atom is -0.264 e. The molecule has 27 heavy (non-hydrogen) atoms. The van der Waals surface area contributed by atoms with E-state index in [0.717, 1.165) is 35.4 Å². The first-order chi connectivity index (χ1) is 13.1. The van der Waals surface area contributed by atoms with Crippen LogP contribution in [0.5, 0.6) is 0 Å². The third kappa shape index (κ3) is 3.72. The van der Waals surface area contributed by atoms with Gasteiger partial charge in [-0.3, -0.25) is 4.98 Å². The van der Waals surface area contributed by atoms with Crippen molar-refractivity contribution in [2.75, 3.05) is 18.8 Å². The van der Waals surface area contributed by atoms with E-state index in [-0.39, 0.29) is 11.7 Å². The van der Waals surface area contributed by atoms with Crippen LogP contribution in [0.4, 0.5) is 0 Å². The summed E-state index contributed by atoms with van der Waals surface area (Å²) in [4.78, 5) is 8.81. The first-order valence-corrected chi connectivity index (χ1v) is 10.9. The number of pyridine rings is 2. The summed E-state index contributed by atoms with van der Waals surface area (Å²) in [6, 6.07) is 7.85.